The zero-order chi connectivity index (χ0) is 19.5. The normalized spacial score (nSPS) is 30.5. The number of cyclic esters (lactones) is 1. The maximum atomic E-state index is 14.9. The second kappa shape index (κ2) is 6.31. The Bertz CT molecular complexity index is 814. The van der Waals surface area contributed by atoms with Crippen LogP contribution in [0.2, 0.25) is 0 Å². The molecule has 3 atom stereocenters. The molecule has 5 fully saturated rings. The minimum Gasteiger partial charge on any atom is -0.443 e. The average Bonchev–Trinajstić information content (AvgIpc) is 3.30. The van der Waals surface area contributed by atoms with E-state index in [0.29, 0.717) is 37.7 Å². The first kappa shape index (κ1) is 17.7. The maximum Gasteiger partial charge on any atom is 0.414 e. The standard InChI is InChI=1S/C19H22FN3O5/c20-15-6-13(23-10-14(7-17(21)24)28-18(23)25)1-2-16(15)22-8-11-5-12(9-22)19(11)26-3-4-27-19/h1-2,6,11-12,14H,3-5,7-10H2,(H2,21,24). The Labute approximate surface area is 161 Å². The van der Waals surface area contributed by atoms with E-state index in [2.05, 4.69) is 0 Å². The minimum atomic E-state index is -0.607. The Balaban J connectivity index is 1.30. The molecule has 9 heteroatoms. The van der Waals surface area contributed by atoms with Gasteiger partial charge in [0.2, 0.25) is 5.91 Å². The molecule has 2 N–H and O–H groups in total. The van der Waals surface area contributed by atoms with Crippen LogP contribution in [0.15, 0.2) is 18.2 Å². The molecule has 1 aromatic rings. The first-order valence-corrected chi connectivity index (χ1v) is 9.55. The largest absolute Gasteiger partial charge is 0.443 e. The van der Waals surface area contributed by atoms with E-state index < -0.39 is 29.7 Å². The lowest BCUT2D eigenvalue weighted by Gasteiger charge is -2.58. The summed E-state index contributed by atoms with van der Waals surface area (Å²) >= 11 is 0. The number of nitrogens with zero attached hydrogens (tertiary/aromatic N) is 2. The molecule has 4 aliphatic heterocycles. The number of nitrogens with two attached hydrogens (primary N) is 1. The summed E-state index contributed by atoms with van der Waals surface area (Å²) in [6.07, 6.45) is -0.220. The highest BCUT2D eigenvalue weighted by atomic mass is 19.1. The first-order chi connectivity index (χ1) is 13.5. The summed E-state index contributed by atoms with van der Waals surface area (Å²) in [5, 5.41) is 0. The number of carbonyl (C=O) groups is 2. The number of fused-ring (bicyclic) bond motifs is 2. The second-order valence-electron chi connectivity index (χ2n) is 7.88. The van der Waals surface area contributed by atoms with Gasteiger partial charge in [0.1, 0.15) is 11.9 Å². The fourth-order valence-corrected chi connectivity index (χ4v) is 4.95. The van der Waals surface area contributed by atoms with E-state index in [-0.39, 0.29) is 24.8 Å². The van der Waals surface area contributed by atoms with E-state index in [1.165, 1.54) is 11.0 Å². The fourth-order valence-electron chi connectivity index (χ4n) is 4.95. The minimum absolute atomic E-state index is 0.0503. The lowest BCUT2D eigenvalue weighted by atomic mass is 9.64. The molecule has 150 valence electrons. The van der Waals surface area contributed by atoms with Gasteiger partial charge >= 0.3 is 6.09 Å². The first-order valence-electron chi connectivity index (χ1n) is 9.55. The van der Waals surface area contributed by atoms with Crippen LogP contribution in [-0.4, -0.2) is 56.7 Å². The number of rotatable bonds is 4. The van der Waals surface area contributed by atoms with Crippen molar-refractivity contribution < 1.29 is 28.2 Å². The van der Waals surface area contributed by atoms with Crippen molar-refractivity contribution in [2.24, 2.45) is 17.6 Å². The van der Waals surface area contributed by atoms with Crippen molar-refractivity contribution in [2.75, 3.05) is 42.6 Å². The monoisotopic (exact) mass is 391 g/mol. The molecule has 3 unspecified atom stereocenters. The van der Waals surface area contributed by atoms with Gasteiger partial charge in [-0.15, -0.1) is 0 Å². The Morgan fingerprint density at radius 2 is 1.93 bits per heavy atom. The number of anilines is 2. The highest BCUT2D eigenvalue weighted by Gasteiger charge is 2.63. The molecular formula is C19H22FN3O5. The highest BCUT2D eigenvalue weighted by Crippen LogP contribution is 2.54. The number of carbonyl (C=O) groups excluding carboxylic acids is 2. The van der Waals surface area contributed by atoms with Crippen molar-refractivity contribution in [3.05, 3.63) is 24.0 Å². The number of ether oxygens (including phenoxy) is 3. The fraction of sp³-hybridized carbons (Fsp3) is 0.579. The van der Waals surface area contributed by atoms with Crippen LogP contribution in [0.5, 0.6) is 0 Å². The van der Waals surface area contributed by atoms with Crippen LogP contribution < -0.4 is 15.5 Å². The van der Waals surface area contributed by atoms with Gasteiger partial charge in [0.05, 0.1) is 37.6 Å². The Hall–Kier alpha value is -2.39. The number of piperidine rings is 2. The average molecular weight is 391 g/mol. The lowest BCUT2D eigenvalue weighted by molar-refractivity contribution is -0.293. The van der Waals surface area contributed by atoms with Crippen molar-refractivity contribution in [3.8, 4) is 0 Å². The number of halogens is 1. The van der Waals surface area contributed by atoms with Crippen LogP contribution in [0, 0.1) is 17.7 Å². The second-order valence-corrected chi connectivity index (χ2v) is 7.88. The number of hydrogen-bond donors (Lipinski definition) is 1. The Kier molecular flexibility index (Phi) is 3.99. The summed E-state index contributed by atoms with van der Waals surface area (Å²) in [4.78, 5) is 26.4. The number of benzene rings is 1. The zero-order valence-corrected chi connectivity index (χ0v) is 15.3. The Morgan fingerprint density at radius 3 is 2.57 bits per heavy atom. The summed E-state index contributed by atoms with van der Waals surface area (Å²) in [5.41, 5.74) is 6.06. The summed E-state index contributed by atoms with van der Waals surface area (Å²) in [6.45, 7) is 2.78. The highest BCUT2D eigenvalue weighted by molar-refractivity contribution is 5.90. The Morgan fingerprint density at radius 1 is 1.21 bits per heavy atom. The topological polar surface area (TPSA) is 94.3 Å². The smallest absolute Gasteiger partial charge is 0.414 e. The molecule has 1 aliphatic carbocycles. The van der Waals surface area contributed by atoms with Crippen LogP contribution in [0.1, 0.15) is 12.8 Å². The van der Waals surface area contributed by atoms with Crippen molar-refractivity contribution in [3.63, 3.8) is 0 Å². The van der Waals surface area contributed by atoms with Crippen LogP contribution in [-0.2, 0) is 19.0 Å². The van der Waals surface area contributed by atoms with Gasteiger partial charge in [0.25, 0.3) is 0 Å². The molecule has 2 bridgehead atoms. The van der Waals surface area contributed by atoms with Gasteiger partial charge in [-0.3, -0.25) is 9.69 Å². The van der Waals surface area contributed by atoms with Crippen LogP contribution in [0.25, 0.3) is 0 Å². The van der Waals surface area contributed by atoms with Gasteiger partial charge in [-0.2, -0.15) is 0 Å². The predicted octanol–water partition coefficient (Wildman–Crippen LogP) is 1.23. The number of hydrogen-bond acceptors (Lipinski definition) is 6. The number of amides is 2. The molecule has 2 amide bonds. The van der Waals surface area contributed by atoms with Crippen LogP contribution >= 0.6 is 0 Å². The van der Waals surface area contributed by atoms with Crippen molar-refractivity contribution in [1.82, 2.24) is 0 Å². The third kappa shape index (κ3) is 2.64. The molecule has 4 saturated heterocycles. The third-order valence-electron chi connectivity index (χ3n) is 6.21. The van der Waals surface area contributed by atoms with E-state index in [9.17, 15) is 14.0 Å². The summed E-state index contributed by atoms with van der Waals surface area (Å²) in [7, 11) is 0. The predicted molar refractivity (Wildman–Crippen MR) is 96.3 cm³/mol. The SMILES string of the molecule is NC(=O)CC1CN(c2ccc(N3CC4CC(C3)C43OCCO3)c(F)c2)C(=O)O1. The number of primary amides is 1. The van der Waals surface area contributed by atoms with Crippen molar-refractivity contribution >= 4 is 23.4 Å². The van der Waals surface area contributed by atoms with Crippen molar-refractivity contribution in [2.45, 2.75) is 24.7 Å². The molecule has 5 aliphatic rings. The van der Waals surface area contributed by atoms with Gasteiger partial charge in [-0.25, -0.2) is 9.18 Å². The summed E-state index contributed by atoms with van der Waals surface area (Å²) < 4.78 is 31.7. The maximum absolute atomic E-state index is 14.9. The lowest BCUT2D eigenvalue weighted by Crippen LogP contribution is -2.67. The van der Waals surface area contributed by atoms with E-state index in [1.54, 1.807) is 12.1 Å². The third-order valence-corrected chi connectivity index (χ3v) is 6.21. The molecular weight excluding hydrogens is 369 g/mol. The van der Waals surface area contributed by atoms with Gasteiger partial charge < -0.3 is 24.8 Å². The van der Waals surface area contributed by atoms with Crippen LogP contribution in [0.4, 0.5) is 20.6 Å². The zero-order valence-electron chi connectivity index (χ0n) is 15.3. The molecule has 8 nitrogen and oxygen atoms in total. The quantitative estimate of drug-likeness (QED) is 0.830. The molecule has 6 rings (SSSR count). The van der Waals surface area contributed by atoms with E-state index in [4.69, 9.17) is 19.9 Å². The van der Waals surface area contributed by atoms with E-state index >= 15 is 0 Å². The molecule has 1 aromatic carbocycles. The van der Waals surface area contributed by atoms with Crippen LogP contribution in [0.3, 0.4) is 0 Å². The molecule has 1 saturated carbocycles. The van der Waals surface area contributed by atoms with E-state index in [0.717, 1.165) is 6.42 Å². The van der Waals surface area contributed by atoms with Gasteiger partial charge in [-0.1, -0.05) is 0 Å². The van der Waals surface area contributed by atoms with E-state index in [1.807, 2.05) is 4.90 Å². The molecule has 1 spiro atoms. The molecule has 0 aromatic heterocycles. The summed E-state index contributed by atoms with van der Waals surface area (Å²) in [5.74, 6) is -0.904. The van der Waals surface area contributed by atoms with Gasteiger partial charge in [0.15, 0.2) is 5.79 Å². The molecule has 28 heavy (non-hydrogen) atoms. The molecule has 0 radical (unpaired) electrons. The summed E-state index contributed by atoms with van der Waals surface area (Å²) in [6, 6.07) is 4.72. The molecule has 4 heterocycles. The van der Waals surface area contributed by atoms with Crippen molar-refractivity contribution in [1.29, 1.82) is 0 Å². The van der Waals surface area contributed by atoms with Gasteiger partial charge in [0, 0.05) is 24.9 Å². The van der Waals surface area contributed by atoms with Gasteiger partial charge in [-0.05, 0) is 24.6 Å².